The number of hydrogen-bond acceptors (Lipinski definition) is 5. The lowest BCUT2D eigenvalue weighted by atomic mass is 10.5. The first-order chi connectivity index (χ1) is 6.10. The van der Waals surface area contributed by atoms with Crippen LogP contribution in [0.15, 0.2) is 0 Å². The molecule has 5 nitrogen and oxygen atoms in total. The van der Waals surface area contributed by atoms with Crippen LogP contribution < -0.4 is 0 Å². The summed E-state index contributed by atoms with van der Waals surface area (Å²) in [6, 6.07) is 0. The summed E-state index contributed by atoms with van der Waals surface area (Å²) in [4.78, 5) is 10.0. The molecule has 78 valence electrons. The third kappa shape index (κ3) is 6.36. The monoisotopic (exact) mass is 192 g/mol. The van der Waals surface area contributed by atoms with Gasteiger partial charge in [-0.25, -0.2) is 4.79 Å². The van der Waals surface area contributed by atoms with Gasteiger partial charge in [0.05, 0.1) is 0 Å². The van der Waals surface area contributed by atoms with Crippen molar-refractivity contribution in [3.05, 3.63) is 0 Å². The predicted octanol–water partition coefficient (Wildman–Crippen LogP) is 0.903. The highest BCUT2D eigenvalue weighted by molar-refractivity contribution is 5.61. The molecule has 0 aromatic heterocycles. The molecule has 0 amide bonds. The first-order valence-electron chi connectivity index (χ1n) is 4.14. The Bertz CT molecular complexity index is 143. The second kappa shape index (κ2) is 6.68. The Morgan fingerprint density at radius 1 is 1.77 bits per heavy atom. The number of aliphatic hydroxyl groups is 1. The number of rotatable bonds is 2. The van der Waals surface area contributed by atoms with E-state index in [4.69, 9.17) is 5.11 Å². The van der Waals surface area contributed by atoms with Crippen LogP contribution in [0.2, 0.25) is 0 Å². The van der Waals surface area contributed by atoms with E-state index in [-0.39, 0.29) is 6.10 Å². The molecule has 0 aromatic rings. The molecule has 13 heavy (non-hydrogen) atoms. The van der Waals surface area contributed by atoms with Crippen LogP contribution in [0.5, 0.6) is 0 Å². The Morgan fingerprint density at radius 2 is 2.38 bits per heavy atom. The van der Waals surface area contributed by atoms with E-state index in [1.807, 2.05) is 6.92 Å². The van der Waals surface area contributed by atoms with Gasteiger partial charge in [0.25, 0.3) is 0 Å². The van der Waals surface area contributed by atoms with Gasteiger partial charge in [0.1, 0.15) is 12.7 Å². The molecular formula is C8H16O5. The highest BCUT2D eigenvalue weighted by Crippen LogP contribution is 2.02. The molecule has 1 heterocycles. The summed E-state index contributed by atoms with van der Waals surface area (Å²) < 4.78 is 13.4. The second-order valence-electron chi connectivity index (χ2n) is 2.59. The molecule has 0 aliphatic carbocycles. The van der Waals surface area contributed by atoms with E-state index in [0.29, 0.717) is 13.0 Å². The van der Waals surface area contributed by atoms with Gasteiger partial charge in [-0.1, -0.05) is 6.92 Å². The highest BCUT2D eigenvalue weighted by atomic mass is 16.8. The molecule has 1 N–H and O–H groups in total. The molecule has 0 radical (unpaired) electrons. The predicted molar refractivity (Wildman–Crippen MR) is 45.2 cm³/mol. The van der Waals surface area contributed by atoms with Gasteiger partial charge in [-0.2, -0.15) is 0 Å². The molecule has 1 fully saturated rings. The zero-order chi connectivity index (χ0) is 10.3. The molecule has 1 aliphatic heterocycles. The Labute approximate surface area is 77.6 Å². The minimum Gasteiger partial charge on any atom is -0.430 e. The molecule has 1 aliphatic rings. The first kappa shape index (κ1) is 12.2. The number of ether oxygens (including phenoxy) is 3. The molecular weight excluding hydrogens is 176 g/mol. The fourth-order valence-corrected chi connectivity index (χ4v) is 0.584. The maximum atomic E-state index is 10.0. The SMILES string of the molecule is CC1COC(=O)O1.CCC(O)OC. The third-order valence-electron chi connectivity index (χ3n) is 1.35. The van der Waals surface area contributed by atoms with Crippen LogP contribution >= 0.6 is 0 Å². The molecule has 5 heteroatoms. The summed E-state index contributed by atoms with van der Waals surface area (Å²) in [7, 11) is 1.48. The summed E-state index contributed by atoms with van der Waals surface area (Å²) in [5.74, 6) is 0. The van der Waals surface area contributed by atoms with Gasteiger partial charge >= 0.3 is 6.16 Å². The standard InChI is InChI=1S/C4H6O3.C4H10O2/c1-3-2-6-4(5)7-3;1-3-4(5)6-2/h3H,2H2,1H3;4-5H,3H2,1-2H3. The van der Waals surface area contributed by atoms with Crippen LogP contribution in [0.1, 0.15) is 20.3 Å². The number of carbonyl (C=O) groups is 1. The van der Waals surface area contributed by atoms with Crippen molar-refractivity contribution in [1.29, 1.82) is 0 Å². The van der Waals surface area contributed by atoms with Crippen molar-refractivity contribution in [3.63, 3.8) is 0 Å². The largest absolute Gasteiger partial charge is 0.508 e. The number of hydrogen-bond donors (Lipinski definition) is 1. The van der Waals surface area contributed by atoms with Gasteiger partial charge in [0.2, 0.25) is 0 Å². The van der Waals surface area contributed by atoms with Crippen molar-refractivity contribution in [2.24, 2.45) is 0 Å². The maximum absolute atomic E-state index is 10.0. The average Bonchev–Trinajstić information content (AvgIpc) is 2.49. The van der Waals surface area contributed by atoms with Crippen LogP contribution in [0.25, 0.3) is 0 Å². The van der Waals surface area contributed by atoms with Gasteiger partial charge < -0.3 is 19.3 Å². The first-order valence-corrected chi connectivity index (χ1v) is 4.14. The van der Waals surface area contributed by atoms with E-state index in [9.17, 15) is 4.79 Å². The molecule has 0 spiro atoms. The lowest BCUT2D eigenvalue weighted by Gasteiger charge is -2.00. The zero-order valence-corrected chi connectivity index (χ0v) is 8.15. The van der Waals surface area contributed by atoms with Gasteiger partial charge in [-0.3, -0.25) is 0 Å². The van der Waals surface area contributed by atoms with E-state index in [2.05, 4.69) is 14.2 Å². The number of methoxy groups -OCH3 is 1. The van der Waals surface area contributed by atoms with Crippen molar-refractivity contribution in [3.8, 4) is 0 Å². The second-order valence-corrected chi connectivity index (χ2v) is 2.59. The van der Waals surface area contributed by atoms with Gasteiger partial charge in [-0.15, -0.1) is 0 Å². The van der Waals surface area contributed by atoms with E-state index < -0.39 is 12.4 Å². The lowest BCUT2D eigenvalue weighted by molar-refractivity contribution is -0.0748. The highest BCUT2D eigenvalue weighted by Gasteiger charge is 2.19. The topological polar surface area (TPSA) is 65.0 Å². The van der Waals surface area contributed by atoms with E-state index in [1.54, 1.807) is 6.92 Å². The van der Waals surface area contributed by atoms with Crippen molar-refractivity contribution >= 4 is 6.16 Å². The molecule has 2 unspecified atom stereocenters. The zero-order valence-electron chi connectivity index (χ0n) is 8.15. The van der Waals surface area contributed by atoms with Crippen LogP contribution in [-0.2, 0) is 14.2 Å². The van der Waals surface area contributed by atoms with E-state index in [1.165, 1.54) is 7.11 Å². The fraction of sp³-hybridized carbons (Fsp3) is 0.875. The molecule has 0 bridgehead atoms. The average molecular weight is 192 g/mol. The molecule has 2 atom stereocenters. The summed E-state index contributed by atoms with van der Waals surface area (Å²) in [6.45, 7) is 4.04. The summed E-state index contributed by atoms with van der Waals surface area (Å²) in [5, 5.41) is 8.44. The minimum absolute atomic E-state index is 0.0486. The Kier molecular flexibility index (Phi) is 6.26. The van der Waals surface area contributed by atoms with Crippen LogP contribution in [0, 0.1) is 0 Å². The summed E-state index contributed by atoms with van der Waals surface area (Å²) in [6.07, 6.45) is -0.499. The lowest BCUT2D eigenvalue weighted by Crippen LogP contribution is -2.05. The molecule has 1 saturated heterocycles. The number of cyclic esters (lactones) is 2. The third-order valence-corrected chi connectivity index (χ3v) is 1.35. The van der Waals surface area contributed by atoms with Crippen LogP contribution in [0.4, 0.5) is 4.79 Å². The maximum Gasteiger partial charge on any atom is 0.508 e. The van der Waals surface area contributed by atoms with Gasteiger partial charge in [0.15, 0.2) is 6.29 Å². The van der Waals surface area contributed by atoms with Crippen molar-refractivity contribution in [2.45, 2.75) is 32.7 Å². The fourth-order valence-electron chi connectivity index (χ4n) is 0.584. The van der Waals surface area contributed by atoms with Gasteiger partial charge in [-0.05, 0) is 13.3 Å². The summed E-state index contributed by atoms with van der Waals surface area (Å²) >= 11 is 0. The van der Waals surface area contributed by atoms with Crippen LogP contribution in [0.3, 0.4) is 0 Å². The van der Waals surface area contributed by atoms with Crippen molar-refractivity contribution < 1.29 is 24.1 Å². The van der Waals surface area contributed by atoms with Gasteiger partial charge in [0, 0.05) is 7.11 Å². The smallest absolute Gasteiger partial charge is 0.430 e. The van der Waals surface area contributed by atoms with Crippen molar-refractivity contribution in [2.75, 3.05) is 13.7 Å². The molecule has 0 saturated carbocycles. The summed E-state index contributed by atoms with van der Waals surface area (Å²) in [5.41, 5.74) is 0. The molecule has 1 rings (SSSR count). The minimum atomic E-state index is -0.565. The van der Waals surface area contributed by atoms with E-state index >= 15 is 0 Å². The molecule has 0 aromatic carbocycles. The Morgan fingerprint density at radius 3 is 2.46 bits per heavy atom. The van der Waals surface area contributed by atoms with Crippen LogP contribution in [-0.4, -0.2) is 37.4 Å². The number of aliphatic hydroxyl groups excluding tert-OH is 1. The Balaban J connectivity index is 0.000000226. The van der Waals surface area contributed by atoms with E-state index in [0.717, 1.165) is 0 Å². The number of carbonyl (C=O) groups excluding carboxylic acids is 1. The van der Waals surface area contributed by atoms with Crippen molar-refractivity contribution in [1.82, 2.24) is 0 Å². The Hall–Kier alpha value is -0.810. The normalized spacial score (nSPS) is 22.5. The quantitative estimate of drug-likeness (QED) is 0.520.